The van der Waals surface area contributed by atoms with Gasteiger partial charge in [-0.3, -0.25) is 0 Å². The van der Waals surface area contributed by atoms with Gasteiger partial charge in [0.1, 0.15) is 0 Å². The van der Waals surface area contributed by atoms with Gasteiger partial charge in [-0.1, -0.05) is 49.7 Å². The van der Waals surface area contributed by atoms with Gasteiger partial charge in [0, 0.05) is 16.1 Å². The average molecular weight is 371 g/mol. The van der Waals surface area contributed by atoms with Crippen molar-refractivity contribution in [1.29, 1.82) is 0 Å². The second-order valence-electron chi connectivity index (χ2n) is 4.87. The first-order valence-electron chi connectivity index (χ1n) is 7.05. The molecule has 0 saturated carbocycles. The third-order valence-electron chi connectivity index (χ3n) is 3.49. The molecule has 1 nitrogen and oxygen atoms in total. The summed E-state index contributed by atoms with van der Waals surface area (Å²) in [4.78, 5) is 0. The lowest BCUT2D eigenvalue weighted by atomic mass is 9.98. The van der Waals surface area contributed by atoms with E-state index in [-0.39, 0.29) is 16.9 Å². The summed E-state index contributed by atoms with van der Waals surface area (Å²) in [5.74, 6) is -0.389. The lowest BCUT2D eigenvalue weighted by Gasteiger charge is -2.17. The summed E-state index contributed by atoms with van der Waals surface area (Å²) in [5.41, 5.74) is 2.53. The lowest BCUT2D eigenvalue weighted by Crippen LogP contribution is -2.19. The monoisotopic (exact) mass is 369 g/mol. The highest BCUT2D eigenvalue weighted by molar-refractivity contribution is 9.10. The predicted octanol–water partition coefficient (Wildman–Crippen LogP) is 5.97. The van der Waals surface area contributed by atoms with Crippen LogP contribution in [0.5, 0.6) is 0 Å². The average Bonchev–Trinajstić information content (AvgIpc) is 2.50. The number of nitrogens with one attached hydrogen (secondary N) is 1. The molecule has 0 bridgehead atoms. The van der Waals surface area contributed by atoms with E-state index in [1.807, 2.05) is 18.2 Å². The highest BCUT2D eigenvalue weighted by Gasteiger charge is 2.14. The Labute approximate surface area is 138 Å². The van der Waals surface area contributed by atoms with Gasteiger partial charge in [-0.25, -0.2) is 4.39 Å². The third kappa shape index (κ3) is 3.65. The summed E-state index contributed by atoms with van der Waals surface area (Å²) in [5, 5.41) is 3.56. The summed E-state index contributed by atoms with van der Waals surface area (Å²) in [7, 11) is 0. The Kier molecular flexibility index (Phi) is 5.80. The smallest absolute Gasteiger partial charge is 0.150 e. The minimum atomic E-state index is -0.389. The van der Waals surface area contributed by atoms with E-state index < -0.39 is 0 Å². The molecule has 1 atom stereocenters. The molecule has 0 aromatic heterocycles. The van der Waals surface area contributed by atoms with Gasteiger partial charge in [-0.05, 0) is 52.2 Å². The van der Waals surface area contributed by atoms with Crippen molar-refractivity contribution in [2.45, 2.75) is 26.3 Å². The lowest BCUT2D eigenvalue weighted by molar-refractivity contribution is 0.537. The van der Waals surface area contributed by atoms with Crippen molar-refractivity contribution in [3.05, 3.63) is 57.3 Å². The molecule has 2 aromatic rings. The van der Waals surface area contributed by atoms with Crippen LogP contribution in [0.15, 0.2) is 40.9 Å². The van der Waals surface area contributed by atoms with Crippen molar-refractivity contribution in [2.75, 3.05) is 6.54 Å². The normalized spacial score (nSPS) is 12.4. The summed E-state index contributed by atoms with van der Waals surface area (Å²) < 4.78 is 14.9. The second-order valence-corrected chi connectivity index (χ2v) is 6.10. The topological polar surface area (TPSA) is 12.0 Å². The van der Waals surface area contributed by atoms with Crippen LogP contribution in [0, 0.1) is 5.82 Å². The van der Waals surface area contributed by atoms with E-state index >= 15 is 0 Å². The van der Waals surface area contributed by atoms with E-state index in [0.29, 0.717) is 10.0 Å². The summed E-state index contributed by atoms with van der Waals surface area (Å²) in [6, 6.07) is 11.8. The quantitative estimate of drug-likeness (QED) is 0.639. The van der Waals surface area contributed by atoms with Crippen molar-refractivity contribution in [3.63, 3.8) is 0 Å². The molecule has 0 heterocycles. The number of halogens is 3. The summed E-state index contributed by atoms with van der Waals surface area (Å²) in [6.07, 6.45) is 0.987. The molecule has 1 N–H and O–H groups in total. The van der Waals surface area contributed by atoms with Gasteiger partial charge in [0.25, 0.3) is 0 Å². The van der Waals surface area contributed by atoms with E-state index in [9.17, 15) is 4.39 Å². The van der Waals surface area contributed by atoms with Crippen molar-refractivity contribution in [3.8, 4) is 11.1 Å². The highest BCUT2D eigenvalue weighted by Crippen LogP contribution is 2.34. The molecule has 4 heteroatoms. The van der Waals surface area contributed by atoms with Gasteiger partial charge < -0.3 is 5.32 Å². The first kappa shape index (κ1) is 16.5. The Bertz CT molecular complexity index is 630. The maximum absolute atomic E-state index is 14.3. The molecule has 0 fully saturated rings. The molecular formula is C17H18BrClFN. The van der Waals surface area contributed by atoms with Crippen molar-refractivity contribution < 1.29 is 4.39 Å². The fourth-order valence-electron chi connectivity index (χ4n) is 2.42. The van der Waals surface area contributed by atoms with Crippen LogP contribution in [0.4, 0.5) is 4.39 Å². The van der Waals surface area contributed by atoms with E-state index in [1.165, 1.54) is 0 Å². The van der Waals surface area contributed by atoms with Gasteiger partial charge in [0.15, 0.2) is 5.82 Å². The molecule has 0 amide bonds. The van der Waals surface area contributed by atoms with Crippen molar-refractivity contribution in [2.24, 2.45) is 0 Å². The van der Waals surface area contributed by atoms with Gasteiger partial charge >= 0.3 is 0 Å². The molecule has 112 valence electrons. The Hall–Kier alpha value is -0.900. The molecule has 2 rings (SSSR count). The van der Waals surface area contributed by atoms with Crippen LogP contribution < -0.4 is 5.32 Å². The number of benzene rings is 2. The first-order valence-corrected chi connectivity index (χ1v) is 8.22. The molecule has 0 spiro atoms. The van der Waals surface area contributed by atoms with Crippen LogP contribution in [0.25, 0.3) is 11.1 Å². The van der Waals surface area contributed by atoms with Gasteiger partial charge in [0.05, 0.1) is 5.02 Å². The third-order valence-corrected chi connectivity index (χ3v) is 4.75. The van der Waals surface area contributed by atoms with Crippen LogP contribution in [0.2, 0.25) is 5.02 Å². The van der Waals surface area contributed by atoms with Crippen LogP contribution in [-0.2, 0) is 0 Å². The van der Waals surface area contributed by atoms with Crippen LogP contribution >= 0.6 is 27.5 Å². The maximum atomic E-state index is 14.3. The fraction of sp³-hybridized carbons (Fsp3) is 0.294. The van der Waals surface area contributed by atoms with E-state index in [2.05, 4.69) is 41.2 Å². The molecule has 1 unspecified atom stereocenters. The maximum Gasteiger partial charge on any atom is 0.150 e. The standard InChI is InChI=1S/C17H18BrClFN/c1-3-15(21-4-2)12-7-5-6-11(10-12)13-8-9-14(18)16(19)17(13)20/h5-10,15,21H,3-4H2,1-2H3. The SMILES string of the molecule is CCNC(CC)c1cccc(-c2ccc(Br)c(Cl)c2F)c1. The second kappa shape index (κ2) is 7.39. The van der Waals surface area contributed by atoms with E-state index in [4.69, 9.17) is 11.6 Å². The molecule has 2 aromatic carbocycles. The van der Waals surface area contributed by atoms with Crippen LogP contribution in [0.3, 0.4) is 0 Å². The van der Waals surface area contributed by atoms with Crippen LogP contribution in [0.1, 0.15) is 31.9 Å². The Balaban J connectivity index is 2.44. The summed E-state index contributed by atoms with van der Waals surface area (Å²) >= 11 is 9.22. The molecule has 0 aliphatic rings. The minimum absolute atomic E-state index is 0.122. The van der Waals surface area contributed by atoms with Crippen LogP contribution in [-0.4, -0.2) is 6.54 Å². The Morgan fingerprint density at radius 2 is 2.00 bits per heavy atom. The predicted molar refractivity (Wildman–Crippen MR) is 91.3 cm³/mol. The molecule has 21 heavy (non-hydrogen) atoms. The fourth-order valence-corrected chi connectivity index (χ4v) is 2.89. The molecular weight excluding hydrogens is 353 g/mol. The Morgan fingerprint density at radius 3 is 2.67 bits per heavy atom. The highest BCUT2D eigenvalue weighted by atomic mass is 79.9. The molecule has 0 aliphatic heterocycles. The number of rotatable bonds is 5. The zero-order valence-corrected chi connectivity index (χ0v) is 14.4. The first-order chi connectivity index (χ1) is 10.1. The number of hydrogen-bond acceptors (Lipinski definition) is 1. The van der Waals surface area contributed by atoms with Gasteiger partial charge in [0.2, 0.25) is 0 Å². The minimum Gasteiger partial charge on any atom is -0.310 e. The Morgan fingerprint density at radius 1 is 1.24 bits per heavy atom. The molecule has 0 aliphatic carbocycles. The summed E-state index contributed by atoms with van der Waals surface area (Å²) in [6.45, 7) is 5.12. The van der Waals surface area contributed by atoms with Gasteiger partial charge in [-0.15, -0.1) is 0 Å². The van der Waals surface area contributed by atoms with E-state index in [0.717, 1.165) is 24.1 Å². The zero-order valence-electron chi connectivity index (χ0n) is 12.1. The zero-order chi connectivity index (χ0) is 15.4. The molecule has 0 saturated heterocycles. The van der Waals surface area contributed by atoms with Crippen molar-refractivity contribution in [1.82, 2.24) is 5.32 Å². The number of hydrogen-bond donors (Lipinski definition) is 1. The van der Waals surface area contributed by atoms with Gasteiger partial charge in [-0.2, -0.15) is 0 Å². The molecule has 0 radical (unpaired) electrons. The van der Waals surface area contributed by atoms with Crippen molar-refractivity contribution >= 4 is 27.5 Å². The van der Waals surface area contributed by atoms with E-state index in [1.54, 1.807) is 12.1 Å². The largest absolute Gasteiger partial charge is 0.310 e.